The van der Waals surface area contributed by atoms with Crippen molar-refractivity contribution in [2.75, 3.05) is 4.43 Å². The second kappa shape index (κ2) is 5.68. The summed E-state index contributed by atoms with van der Waals surface area (Å²) in [4.78, 5) is 10.9. The zero-order valence-electron chi connectivity index (χ0n) is 10.9. The summed E-state index contributed by atoms with van der Waals surface area (Å²) in [7, 11) is 0. The average molecular weight is 490 g/mol. The molecule has 1 unspecified atom stereocenters. The molecule has 1 saturated heterocycles. The maximum absolute atomic E-state index is 10.9. The summed E-state index contributed by atoms with van der Waals surface area (Å²) in [6, 6.07) is 0. The second-order valence-electron chi connectivity index (χ2n) is 5.98. The predicted molar refractivity (Wildman–Crippen MR) is 90.0 cm³/mol. The molecule has 0 N–H and O–H groups in total. The molecule has 1 heterocycles. The quantitative estimate of drug-likeness (QED) is 0.345. The van der Waals surface area contributed by atoms with Gasteiger partial charge in [0.1, 0.15) is 6.29 Å². The van der Waals surface area contributed by atoms with Gasteiger partial charge >= 0.3 is 0 Å². The first-order valence-corrected chi connectivity index (χ1v) is 9.80. The van der Waals surface area contributed by atoms with Crippen molar-refractivity contribution in [3.63, 3.8) is 0 Å². The molecule has 19 heavy (non-hydrogen) atoms. The van der Waals surface area contributed by atoms with Gasteiger partial charge in [-0.1, -0.05) is 58.0 Å². The topological polar surface area (TPSA) is 35.5 Å². The van der Waals surface area contributed by atoms with Crippen LogP contribution in [-0.2, 0) is 14.3 Å². The van der Waals surface area contributed by atoms with Gasteiger partial charge in [0, 0.05) is 16.8 Å². The molecule has 0 aromatic carbocycles. The van der Waals surface area contributed by atoms with Crippen molar-refractivity contribution in [3.05, 3.63) is 0 Å². The number of ether oxygens (including phenoxy) is 2. The van der Waals surface area contributed by atoms with Crippen LogP contribution >= 0.6 is 45.2 Å². The Balaban J connectivity index is 1.91. The highest BCUT2D eigenvalue weighted by Gasteiger charge is 2.65. The standard InChI is InChI=1S/C14H20I2O3/c15-9-12-11(5-8-17)18-14(19-12)10-3-1-6-13(14,16)7-2-4-10/h8,10-12H,1-7,9H2/t10?,11-,12+,13?,14?/m0/s1. The third-order valence-corrected chi connectivity index (χ3v) is 7.66. The Morgan fingerprint density at radius 3 is 2.32 bits per heavy atom. The monoisotopic (exact) mass is 490 g/mol. The summed E-state index contributed by atoms with van der Waals surface area (Å²) >= 11 is 4.95. The van der Waals surface area contributed by atoms with E-state index in [1.807, 2.05) is 0 Å². The molecule has 2 aliphatic carbocycles. The summed E-state index contributed by atoms with van der Waals surface area (Å²) in [5.74, 6) is 0.113. The first-order chi connectivity index (χ1) is 9.15. The largest absolute Gasteiger partial charge is 0.342 e. The molecule has 1 aliphatic heterocycles. The Kier molecular flexibility index (Phi) is 4.48. The molecule has 3 rings (SSSR count). The molecular formula is C14H20I2O3. The maximum atomic E-state index is 10.9. The normalized spacial score (nSPS) is 49.5. The molecule has 0 aromatic rings. The van der Waals surface area contributed by atoms with Crippen molar-refractivity contribution < 1.29 is 14.3 Å². The Hall–Kier alpha value is 1.05. The van der Waals surface area contributed by atoms with Crippen LogP contribution in [0.15, 0.2) is 0 Å². The fourth-order valence-electron chi connectivity index (χ4n) is 4.08. The van der Waals surface area contributed by atoms with E-state index < -0.39 is 5.79 Å². The summed E-state index contributed by atoms with van der Waals surface area (Å²) in [6.07, 6.45) is 8.86. The summed E-state index contributed by atoms with van der Waals surface area (Å²) < 4.78 is 13.9. The van der Waals surface area contributed by atoms with Crippen LogP contribution in [0, 0.1) is 5.92 Å². The van der Waals surface area contributed by atoms with E-state index in [1.165, 1.54) is 38.5 Å². The van der Waals surface area contributed by atoms with Gasteiger partial charge in [-0.2, -0.15) is 0 Å². The molecule has 108 valence electrons. The Morgan fingerprint density at radius 2 is 1.79 bits per heavy atom. The zero-order chi connectivity index (χ0) is 13.5. The van der Waals surface area contributed by atoms with Gasteiger partial charge < -0.3 is 14.3 Å². The molecule has 2 bridgehead atoms. The molecule has 0 radical (unpaired) electrons. The van der Waals surface area contributed by atoms with E-state index >= 15 is 0 Å². The van der Waals surface area contributed by atoms with Gasteiger partial charge in [-0.3, -0.25) is 0 Å². The first-order valence-electron chi connectivity index (χ1n) is 7.19. The number of aldehydes is 1. The minimum absolute atomic E-state index is 0.0396. The van der Waals surface area contributed by atoms with Gasteiger partial charge in [0.2, 0.25) is 0 Å². The highest BCUT2D eigenvalue weighted by Crippen LogP contribution is 2.60. The van der Waals surface area contributed by atoms with Crippen LogP contribution in [0.4, 0.5) is 0 Å². The number of rotatable bonds is 3. The molecule has 0 amide bonds. The lowest BCUT2D eigenvalue weighted by molar-refractivity contribution is -0.253. The van der Waals surface area contributed by atoms with E-state index in [1.54, 1.807) is 0 Å². The summed E-state index contributed by atoms with van der Waals surface area (Å²) in [5.41, 5.74) is 0. The SMILES string of the molecule is O=CC[C@@H]1OC2(O[C@@H]1CI)C1CCCC2(I)CCC1. The van der Waals surface area contributed by atoms with E-state index in [4.69, 9.17) is 9.47 Å². The fourth-order valence-corrected chi connectivity index (χ4v) is 6.28. The second-order valence-corrected chi connectivity index (χ2v) is 8.93. The van der Waals surface area contributed by atoms with Crippen LogP contribution in [-0.4, -0.2) is 32.1 Å². The van der Waals surface area contributed by atoms with E-state index in [2.05, 4.69) is 45.2 Å². The molecule has 1 spiro atoms. The van der Waals surface area contributed by atoms with E-state index in [9.17, 15) is 4.79 Å². The lowest BCUT2D eigenvalue weighted by Crippen LogP contribution is -2.61. The molecule has 3 nitrogen and oxygen atoms in total. The number of hydrogen-bond donors (Lipinski definition) is 0. The van der Waals surface area contributed by atoms with Crippen LogP contribution in [0.1, 0.15) is 44.9 Å². The third-order valence-electron chi connectivity index (χ3n) is 4.96. The minimum atomic E-state index is -0.409. The van der Waals surface area contributed by atoms with E-state index in [-0.39, 0.29) is 15.6 Å². The van der Waals surface area contributed by atoms with Crippen LogP contribution in [0.25, 0.3) is 0 Å². The molecule has 3 aliphatic rings. The van der Waals surface area contributed by atoms with Crippen LogP contribution in [0.2, 0.25) is 0 Å². The molecule has 3 fully saturated rings. The molecular weight excluding hydrogens is 470 g/mol. The maximum Gasteiger partial charge on any atom is 0.186 e. The highest BCUT2D eigenvalue weighted by atomic mass is 127. The van der Waals surface area contributed by atoms with Crippen LogP contribution < -0.4 is 0 Å². The lowest BCUT2D eigenvalue weighted by atomic mass is 9.67. The van der Waals surface area contributed by atoms with Crippen molar-refractivity contribution in [2.45, 2.75) is 66.4 Å². The molecule has 3 atom stereocenters. The van der Waals surface area contributed by atoms with Gasteiger partial charge in [0.15, 0.2) is 5.79 Å². The van der Waals surface area contributed by atoms with Crippen molar-refractivity contribution in [3.8, 4) is 0 Å². The van der Waals surface area contributed by atoms with Gasteiger partial charge in [-0.25, -0.2) is 0 Å². The van der Waals surface area contributed by atoms with Crippen molar-refractivity contribution in [1.29, 1.82) is 0 Å². The van der Waals surface area contributed by atoms with Gasteiger partial charge in [0.05, 0.1) is 15.6 Å². The molecule has 5 heteroatoms. The number of alkyl halides is 2. The van der Waals surface area contributed by atoms with Crippen molar-refractivity contribution >= 4 is 51.5 Å². The Labute approximate surface area is 141 Å². The van der Waals surface area contributed by atoms with Crippen molar-refractivity contribution in [2.24, 2.45) is 5.92 Å². The van der Waals surface area contributed by atoms with Gasteiger partial charge in [0.25, 0.3) is 0 Å². The zero-order valence-corrected chi connectivity index (χ0v) is 15.3. The smallest absolute Gasteiger partial charge is 0.186 e. The lowest BCUT2D eigenvalue weighted by Gasteiger charge is -2.54. The summed E-state index contributed by atoms with van der Waals surface area (Å²) in [5, 5.41) is 0. The van der Waals surface area contributed by atoms with Gasteiger partial charge in [-0.15, -0.1) is 0 Å². The average Bonchev–Trinajstić information content (AvgIpc) is 2.73. The number of halogens is 2. The number of carbonyl (C=O) groups is 1. The fraction of sp³-hybridized carbons (Fsp3) is 0.929. The minimum Gasteiger partial charge on any atom is -0.342 e. The number of hydrogen-bond acceptors (Lipinski definition) is 3. The van der Waals surface area contributed by atoms with E-state index in [0.717, 1.165) is 10.7 Å². The van der Waals surface area contributed by atoms with Crippen LogP contribution in [0.5, 0.6) is 0 Å². The highest BCUT2D eigenvalue weighted by molar-refractivity contribution is 14.1. The van der Waals surface area contributed by atoms with Gasteiger partial charge in [-0.05, 0) is 25.7 Å². The van der Waals surface area contributed by atoms with Crippen LogP contribution in [0.3, 0.4) is 0 Å². The Bertz CT molecular complexity index is 353. The molecule has 0 aromatic heterocycles. The van der Waals surface area contributed by atoms with Crippen molar-refractivity contribution in [1.82, 2.24) is 0 Å². The predicted octanol–water partition coefficient (Wildman–Crippen LogP) is 3.65. The number of carbonyl (C=O) groups excluding carboxylic acids is 1. The summed E-state index contributed by atoms with van der Waals surface area (Å²) in [6.45, 7) is 0. The first kappa shape index (κ1) is 15.0. The van der Waals surface area contributed by atoms with E-state index in [0.29, 0.717) is 12.3 Å². The Morgan fingerprint density at radius 1 is 1.16 bits per heavy atom. The molecule has 2 saturated carbocycles. The third kappa shape index (κ3) is 2.30.